The highest BCUT2D eigenvalue weighted by Crippen LogP contribution is 2.38. The minimum Gasteiger partial charge on any atom is -0.497 e. The largest absolute Gasteiger partial charge is 0.497 e. The summed E-state index contributed by atoms with van der Waals surface area (Å²) in [6, 6.07) is 15.5. The van der Waals surface area contributed by atoms with E-state index in [1.807, 2.05) is 60.4 Å². The maximum Gasteiger partial charge on any atom is 0.290 e. The summed E-state index contributed by atoms with van der Waals surface area (Å²) in [5.41, 5.74) is 2.40. The van der Waals surface area contributed by atoms with Gasteiger partial charge in [0.15, 0.2) is 5.82 Å². The average molecular weight is 417 g/mol. The van der Waals surface area contributed by atoms with Gasteiger partial charge in [-0.1, -0.05) is 35.5 Å². The monoisotopic (exact) mass is 417 g/mol. The molecular weight excluding hydrogens is 394 g/mol. The molecule has 0 aliphatic carbocycles. The second kappa shape index (κ2) is 7.91. The van der Waals surface area contributed by atoms with Crippen molar-refractivity contribution in [2.45, 2.75) is 25.7 Å². The number of hydrogen-bond acceptors (Lipinski definition) is 6. The van der Waals surface area contributed by atoms with Crippen LogP contribution in [0.3, 0.4) is 0 Å². The fourth-order valence-corrected chi connectivity index (χ4v) is 4.20. The highest BCUT2D eigenvalue weighted by atomic mass is 16.5. The van der Waals surface area contributed by atoms with Gasteiger partial charge in [-0.15, -0.1) is 0 Å². The van der Waals surface area contributed by atoms with Gasteiger partial charge in [-0.25, -0.2) is 0 Å². The van der Waals surface area contributed by atoms with Crippen molar-refractivity contribution in [2.75, 3.05) is 20.2 Å². The molecule has 158 valence electrons. The van der Waals surface area contributed by atoms with Gasteiger partial charge in [-0.05, 0) is 37.5 Å². The molecule has 4 aromatic rings. The first kappa shape index (κ1) is 19.4. The Bertz CT molecular complexity index is 1220. The third-order valence-corrected chi connectivity index (χ3v) is 5.83. The van der Waals surface area contributed by atoms with E-state index in [0.717, 1.165) is 29.4 Å². The first-order chi connectivity index (χ1) is 15.1. The quantitative estimate of drug-likeness (QED) is 0.474. The number of rotatable bonds is 4. The average Bonchev–Trinajstić information content (AvgIpc) is 3.42. The van der Waals surface area contributed by atoms with E-state index in [0.29, 0.717) is 41.9 Å². The molecular formula is C24H23N3O4. The molecule has 0 saturated carbocycles. The Hall–Kier alpha value is -3.61. The Morgan fingerprint density at radius 2 is 1.90 bits per heavy atom. The summed E-state index contributed by atoms with van der Waals surface area (Å²) in [6.45, 7) is 3.03. The van der Waals surface area contributed by atoms with Gasteiger partial charge in [0.25, 0.3) is 5.91 Å². The SMILES string of the molecule is COc1ccc2c(-c3ccccc3)c(C(=O)N3CCC(c4nc(C)no4)CC3)oc2c1. The van der Waals surface area contributed by atoms with Gasteiger partial charge in [0.1, 0.15) is 11.3 Å². The number of nitrogens with zero attached hydrogens (tertiary/aromatic N) is 3. The summed E-state index contributed by atoms with van der Waals surface area (Å²) in [7, 11) is 1.61. The van der Waals surface area contributed by atoms with E-state index in [2.05, 4.69) is 10.1 Å². The number of methoxy groups -OCH3 is 1. The van der Waals surface area contributed by atoms with Crippen LogP contribution in [0, 0.1) is 6.92 Å². The lowest BCUT2D eigenvalue weighted by Crippen LogP contribution is -2.38. The molecule has 1 fully saturated rings. The van der Waals surface area contributed by atoms with Gasteiger partial charge >= 0.3 is 0 Å². The molecule has 7 nitrogen and oxygen atoms in total. The number of aromatic nitrogens is 2. The van der Waals surface area contributed by atoms with E-state index >= 15 is 0 Å². The molecule has 1 aliphatic heterocycles. The van der Waals surface area contributed by atoms with Gasteiger partial charge in [0.05, 0.1) is 7.11 Å². The highest BCUT2D eigenvalue weighted by Gasteiger charge is 2.31. The number of piperidine rings is 1. The lowest BCUT2D eigenvalue weighted by molar-refractivity contribution is 0.0676. The Morgan fingerprint density at radius 3 is 2.58 bits per heavy atom. The van der Waals surface area contributed by atoms with Crippen LogP contribution >= 0.6 is 0 Å². The maximum atomic E-state index is 13.5. The molecule has 0 bridgehead atoms. The summed E-state index contributed by atoms with van der Waals surface area (Å²) >= 11 is 0. The number of carbonyl (C=O) groups is 1. The van der Waals surface area contributed by atoms with E-state index in [-0.39, 0.29) is 11.8 Å². The smallest absolute Gasteiger partial charge is 0.290 e. The van der Waals surface area contributed by atoms with Gasteiger partial charge in [-0.2, -0.15) is 4.98 Å². The molecule has 1 amide bonds. The van der Waals surface area contributed by atoms with Gasteiger partial charge in [0, 0.05) is 36.0 Å². The zero-order valence-electron chi connectivity index (χ0n) is 17.5. The molecule has 2 aromatic heterocycles. The summed E-state index contributed by atoms with van der Waals surface area (Å²) in [5, 5.41) is 4.78. The molecule has 1 aliphatic rings. The lowest BCUT2D eigenvalue weighted by atomic mass is 9.96. The lowest BCUT2D eigenvalue weighted by Gasteiger charge is -2.30. The zero-order chi connectivity index (χ0) is 21.4. The van der Waals surface area contributed by atoms with Crippen LogP contribution in [-0.2, 0) is 0 Å². The summed E-state index contributed by atoms with van der Waals surface area (Å²) in [4.78, 5) is 19.7. The Morgan fingerprint density at radius 1 is 1.13 bits per heavy atom. The number of furan rings is 1. The summed E-state index contributed by atoms with van der Waals surface area (Å²) < 4.78 is 16.8. The number of benzene rings is 2. The molecule has 3 heterocycles. The van der Waals surface area contributed by atoms with E-state index in [1.54, 1.807) is 7.11 Å². The predicted molar refractivity (Wildman–Crippen MR) is 115 cm³/mol. The van der Waals surface area contributed by atoms with Crippen LogP contribution in [0.2, 0.25) is 0 Å². The number of aryl methyl sites for hydroxylation is 1. The van der Waals surface area contributed by atoms with Crippen molar-refractivity contribution in [1.29, 1.82) is 0 Å². The fraction of sp³-hybridized carbons (Fsp3) is 0.292. The van der Waals surface area contributed by atoms with E-state index in [1.165, 1.54) is 0 Å². The minimum atomic E-state index is -0.103. The minimum absolute atomic E-state index is 0.103. The fourth-order valence-electron chi connectivity index (χ4n) is 4.20. The third-order valence-electron chi connectivity index (χ3n) is 5.83. The first-order valence-corrected chi connectivity index (χ1v) is 10.4. The molecule has 1 saturated heterocycles. The van der Waals surface area contributed by atoms with Gasteiger partial charge in [-0.3, -0.25) is 4.79 Å². The molecule has 0 radical (unpaired) electrons. The highest BCUT2D eigenvalue weighted by molar-refractivity contribution is 6.08. The third kappa shape index (κ3) is 3.56. The molecule has 0 unspecified atom stereocenters. The number of ether oxygens (including phenoxy) is 1. The van der Waals surface area contributed by atoms with Crippen molar-refractivity contribution >= 4 is 16.9 Å². The number of fused-ring (bicyclic) bond motifs is 1. The normalized spacial score (nSPS) is 14.8. The molecule has 31 heavy (non-hydrogen) atoms. The van der Waals surface area contributed by atoms with Crippen molar-refractivity contribution < 1.29 is 18.5 Å². The van der Waals surface area contributed by atoms with E-state index < -0.39 is 0 Å². The van der Waals surface area contributed by atoms with Crippen molar-refractivity contribution in [1.82, 2.24) is 15.0 Å². The second-order valence-electron chi connectivity index (χ2n) is 7.78. The summed E-state index contributed by atoms with van der Waals surface area (Å²) in [6.07, 6.45) is 1.56. The van der Waals surface area contributed by atoms with Crippen molar-refractivity contribution in [2.24, 2.45) is 0 Å². The van der Waals surface area contributed by atoms with Crippen LogP contribution in [-0.4, -0.2) is 41.1 Å². The summed E-state index contributed by atoms with van der Waals surface area (Å²) in [5.74, 6) is 2.43. The standard InChI is InChI=1S/C24H23N3O4/c1-15-25-23(31-26-15)17-10-12-27(13-11-17)24(28)22-21(16-6-4-3-5-7-16)19-9-8-18(29-2)14-20(19)30-22/h3-9,14,17H,10-13H2,1-2H3. The number of carbonyl (C=O) groups excluding carboxylic acids is 1. The van der Waals surface area contributed by atoms with Crippen molar-refractivity contribution in [3.05, 3.63) is 66.0 Å². The second-order valence-corrected chi connectivity index (χ2v) is 7.78. The molecule has 2 aromatic carbocycles. The number of likely N-dealkylation sites (tertiary alicyclic amines) is 1. The van der Waals surface area contributed by atoms with Crippen LogP contribution in [0.4, 0.5) is 0 Å². The first-order valence-electron chi connectivity index (χ1n) is 10.4. The van der Waals surface area contributed by atoms with Crippen molar-refractivity contribution in [3.63, 3.8) is 0 Å². The Labute approximate surface area is 179 Å². The van der Waals surface area contributed by atoms with E-state index in [9.17, 15) is 4.79 Å². The molecule has 7 heteroatoms. The molecule has 0 spiro atoms. The molecule has 5 rings (SSSR count). The van der Waals surface area contributed by atoms with Crippen LogP contribution in [0.25, 0.3) is 22.1 Å². The van der Waals surface area contributed by atoms with E-state index in [4.69, 9.17) is 13.7 Å². The predicted octanol–water partition coefficient (Wildman–Crippen LogP) is 4.82. The maximum absolute atomic E-state index is 13.5. The Kier molecular flexibility index (Phi) is 4.94. The van der Waals surface area contributed by atoms with Crippen molar-refractivity contribution in [3.8, 4) is 16.9 Å². The molecule has 0 atom stereocenters. The zero-order valence-corrected chi connectivity index (χ0v) is 17.5. The number of amides is 1. The molecule has 0 N–H and O–H groups in total. The van der Waals surface area contributed by atoms with Gasteiger partial charge in [0.2, 0.25) is 11.7 Å². The Balaban J connectivity index is 1.47. The topological polar surface area (TPSA) is 81.6 Å². The van der Waals surface area contributed by atoms with Crippen LogP contribution in [0.1, 0.15) is 41.0 Å². The van der Waals surface area contributed by atoms with Gasteiger partial charge < -0.3 is 18.6 Å². The van der Waals surface area contributed by atoms with Crippen LogP contribution < -0.4 is 4.74 Å². The number of hydrogen-bond donors (Lipinski definition) is 0. The van der Waals surface area contributed by atoms with Crippen LogP contribution in [0.5, 0.6) is 5.75 Å². The van der Waals surface area contributed by atoms with Crippen LogP contribution in [0.15, 0.2) is 57.5 Å².